The first-order valence-electron chi connectivity index (χ1n) is 14.8. The maximum Gasteiger partial charge on any atom is 0.287 e. The van der Waals surface area contributed by atoms with Gasteiger partial charge in [-0.1, -0.05) is 17.7 Å². The van der Waals surface area contributed by atoms with Gasteiger partial charge in [0.2, 0.25) is 5.82 Å². The van der Waals surface area contributed by atoms with Crippen molar-refractivity contribution in [3.8, 4) is 17.3 Å². The van der Waals surface area contributed by atoms with E-state index in [4.69, 9.17) is 31.1 Å². The maximum atomic E-state index is 13.1. The molecular formula is C31H36ClFN8O3. The molecule has 13 heteroatoms. The Hall–Kier alpha value is -3.92. The monoisotopic (exact) mass is 622 g/mol. The zero-order valence-electron chi connectivity index (χ0n) is 24.6. The van der Waals surface area contributed by atoms with Gasteiger partial charge in [0.15, 0.2) is 0 Å². The van der Waals surface area contributed by atoms with Gasteiger partial charge < -0.3 is 25.1 Å². The van der Waals surface area contributed by atoms with E-state index >= 15 is 0 Å². The highest BCUT2D eigenvalue weighted by Crippen LogP contribution is 2.32. The van der Waals surface area contributed by atoms with Crippen LogP contribution in [0.5, 0.6) is 0 Å². The van der Waals surface area contributed by atoms with Gasteiger partial charge in [-0.2, -0.15) is 9.65 Å². The SMILES string of the molecule is C[C@H](COCc1ncc(F)c(=O)[nH]1)N=C1CCC(Nc2cc(-c3cccc(NCC4(C#N)CCOCC4)n3)c(Cl)cn2)CC1. The van der Waals surface area contributed by atoms with Crippen molar-refractivity contribution in [2.45, 2.75) is 64.1 Å². The van der Waals surface area contributed by atoms with Crippen molar-refractivity contribution in [1.29, 1.82) is 5.26 Å². The molecule has 1 saturated heterocycles. The number of aliphatic imine (C=N–C) groups is 1. The zero-order chi connectivity index (χ0) is 30.9. The summed E-state index contributed by atoms with van der Waals surface area (Å²) in [4.78, 5) is 31.6. The summed E-state index contributed by atoms with van der Waals surface area (Å²) in [6.07, 6.45) is 7.48. The Kier molecular flexibility index (Phi) is 10.5. The van der Waals surface area contributed by atoms with Crippen molar-refractivity contribution >= 4 is 28.9 Å². The van der Waals surface area contributed by atoms with Crippen LogP contribution in [0.1, 0.15) is 51.3 Å². The molecule has 5 rings (SSSR count). The Balaban J connectivity index is 1.12. The van der Waals surface area contributed by atoms with E-state index in [9.17, 15) is 14.4 Å². The van der Waals surface area contributed by atoms with Gasteiger partial charge in [0.1, 0.15) is 24.1 Å². The van der Waals surface area contributed by atoms with Crippen LogP contribution < -0.4 is 16.2 Å². The van der Waals surface area contributed by atoms with Gasteiger partial charge in [-0.05, 0) is 63.6 Å². The number of hydrogen-bond acceptors (Lipinski definition) is 10. The van der Waals surface area contributed by atoms with Crippen molar-refractivity contribution < 1.29 is 13.9 Å². The topological polar surface area (TPSA) is 150 Å². The van der Waals surface area contributed by atoms with Crippen molar-refractivity contribution in [3.63, 3.8) is 0 Å². The zero-order valence-corrected chi connectivity index (χ0v) is 25.4. The van der Waals surface area contributed by atoms with E-state index in [-0.39, 0.29) is 24.5 Å². The number of aromatic nitrogens is 4. The predicted molar refractivity (Wildman–Crippen MR) is 166 cm³/mol. The summed E-state index contributed by atoms with van der Waals surface area (Å²) in [5, 5.41) is 17.2. The first-order valence-corrected chi connectivity index (χ1v) is 15.2. The second-order valence-corrected chi connectivity index (χ2v) is 11.7. The lowest BCUT2D eigenvalue weighted by Gasteiger charge is -2.30. The molecule has 0 spiro atoms. The molecule has 1 aliphatic heterocycles. The number of nitrogens with one attached hydrogen (secondary N) is 3. The third kappa shape index (κ3) is 8.37. The molecule has 1 saturated carbocycles. The Bertz CT molecular complexity index is 1560. The molecule has 11 nitrogen and oxygen atoms in total. The van der Waals surface area contributed by atoms with Gasteiger partial charge >= 0.3 is 0 Å². The minimum absolute atomic E-state index is 0.0537. The van der Waals surface area contributed by atoms with Gasteiger partial charge in [-0.15, -0.1) is 0 Å². The summed E-state index contributed by atoms with van der Waals surface area (Å²) >= 11 is 6.55. The normalized spacial score (nSPS) is 18.7. The first-order chi connectivity index (χ1) is 21.3. The number of aromatic amines is 1. The number of nitrogens with zero attached hydrogens (tertiary/aromatic N) is 5. The fraction of sp³-hybridized carbons (Fsp3) is 0.484. The van der Waals surface area contributed by atoms with Crippen molar-refractivity contribution in [3.05, 3.63) is 63.7 Å². The third-order valence-electron chi connectivity index (χ3n) is 7.90. The number of nitriles is 1. The molecule has 0 aromatic carbocycles. The molecule has 3 aromatic rings. The van der Waals surface area contributed by atoms with E-state index in [2.05, 4.69) is 31.7 Å². The average molecular weight is 623 g/mol. The van der Waals surface area contributed by atoms with Crippen molar-refractivity contribution in [2.24, 2.45) is 10.4 Å². The first kappa shape index (κ1) is 31.5. The van der Waals surface area contributed by atoms with E-state index in [0.29, 0.717) is 50.0 Å². The minimum atomic E-state index is -0.918. The lowest BCUT2D eigenvalue weighted by Crippen LogP contribution is -2.34. The highest BCUT2D eigenvalue weighted by atomic mass is 35.5. The third-order valence-corrected chi connectivity index (χ3v) is 8.20. The van der Waals surface area contributed by atoms with Crippen LogP contribution in [-0.4, -0.2) is 64.1 Å². The summed E-state index contributed by atoms with van der Waals surface area (Å²) in [6, 6.07) is 10.3. The second-order valence-electron chi connectivity index (χ2n) is 11.3. The minimum Gasteiger partial charge on any atom is -0.381 e. The van der Waals surface area contributed by atoms with Gasteiger partial charge in [-0.25, -0.2) is 15.0 Å². The van der Waals surface area contributed by atoms with Gasteiger partial charge in [0.25, 0.3) is 5.56 Å². The Labute approximate surface area is 260 Å². The quantitative estimate of drug-likeness (QED) is 0.264. The van der Waals surface area contributed by atoms with E-state index in [0.717, 1.165) is 54.7 Å². The Morgan fingerprint density at radius 2 is 2.05 bits per heavy atom. The molecule has 2 aliphatic rings. The van der Waals surface area contributed by atoms with E-state index < -0.39 is 16.8 Å². The molecule has 0 bridgehead atoms. The number of ether oxygens (including phenoxy) is 2. The largest absolute Gasteiger partial charge is 0.381 e. The molecule has 0 amide bonds. The van der Waals surface area contributed by atoms with Crippen LogP contribution in [0.4, 0.5) is 16.0 Å². The predicted octanol–water partition coefficient (Wildman–Crippen LogP) is 5.15. The lowest BCUT2D eigenvalue weighted by molar-refractivity contribution is 0.0455. The van der Waals surface area contributed by atoms with Crippen molar-refractivity contribution in [1.82, 2.24) is 19.9 Å². The molecule has 0 unspecified atom stereocenters. The van der Waals surface area contributed by atoms with Crippen LogP contribution >= 0.6 is 11.6 Å². The summed E-state index contributed by atoms with van der Waals surface area (Å²) in [5.74, 6) is 0.779. The maximum absolute atomic E-state index is 13.1. The van der Waals surface area contributed by atoms with Gasteiger partial charge in [0.05, 0.1) is 41.0 Å². The van der Waals surface area contributed by atoms with Crippen LogP contribution in [-0.2, 0) is 16.1 Å². The summed E-state index contributed by atoms with van der Waals surface area (Å²) in [7, 11) is 0. The summed E-state index contributed by atoms with van der Waals surface area (Å²) in [5.41, 5.74) is 1.38. The van der Waals surface area contributed by atoms with E-state index in [1.165, 1.54) is 0 Å². The standard InChI is InChI=1S/C31H36ClFN8O3/c1-20(16-44-17-29-36-15-25(33)30(42)41-29)38-21-5-7-22(8-6-21)39-28-13-23(24(32)14-35-28)26-3-2-4-27(40-26)37-19-31(18-34)9-11-43-12-10-31/h2-4,13-15,20,22H,5-12,16-17,19H2,1H3,(H,35,39)(H,37,40)(H,36,41,42)/t20-,22?/m1/s1. The van der Waals surface area contributed by atoms with Crippen molar-refractivity contribution in [2.75, 3.05) is 37.0 Å². The average Bonchev–Trinajstić information content (AvgIpc) is 3.04. The Morgan fingerprint density at radius 1 is 1.25 bits per heavy atom. The highest BCUT2D eigenvalue weighted by molar-refractivity contribution is 6.33. The number of pyridine rings is 2. The van der Waals surface area contributed by atoms with Crippen LogP contribution in [0.2, 0.25) is 5.02 Å². The molecule has 0 radical (unpaired) electrons. The molecule has 44 heavy (non-hydrogen) atoms. The van der Waals surface area contributed by atoms with Crippen LogP contribution in [0, 0.1) is 22.6 Å². The summed E-state index contributed by atoms with van der Waals surface area (Å²) in [6.45, 7) is 4.12. The van der Waals surface area contributed by atoms with Crippen LogP contribution in [0.25, 0.3) is 11.3 Å². The Morgan fingerprint density at radius 3 is 2.80 bits per heavy atom. The van der Waals surface area contributed by atoms with Crippen LogP contribution in [0.15, 0.2) is 46.4 Å². The number of anilines is 2. The molecular weight excluding hydrogens is 587 g/mol. The van der Waals surface area contributed by atoms with Gasteiger partial charge in [-0.3, -0.25) is 9.79 Å². The molecule has 2 fully saturated rings. The number of H-pyrrole nitrogens is 1. The highest BCUT2D eigenvalue weighted by Gasteiger charge is 2.32. The second kappa shape index (κ2) is 14.7. The van der Waals surface area contributed by atoms with E-state index in [1.54, 1.807) is 6.20 Å². The number of halogens is 2. The van der Waals surface area contributed by atoms with Gasteiger partial charge in [0, 0.05) is 43.3 Å². The molecule has 4 heterocycles. The van der Waals surface area contributed by atoms with E-state index in [1.807, 2.05) is 31.2 Å². The molecule has 1 atom stereocenters. The number of rotatable bonds is 11. The smallest absolute Gasteiger partial charge is 0.287 e. The fourth-order valence-electron chi connectivity index (χ4n) is 5.35. The molecule has 3 N–H and O–H groups in total. The molecule has 232 valence electrons. The molecule has 1 aliphatic carbocycles. The molecule has 3 aromatic heterocycles. The lowest BCUT2D eigenvalue weighted by atomic mass is 9.82. The summed E-state index contributed by atoms with van der Waals surface area (Å²) < 4.78 is 24.1. The fourth-order valence-corrected chi connectivity index (χ4v) is 5.55. The number of hydrogen-bond donors (Lipinski definition) is 3. The van der Waals surface area contributed by atoms with Crippen LogP contribution in [0.3, 0.4) is 0 Å².